The van der Waals surface area contributed by atoms with Gasteiger partial charge in [-0.05, 0) is 19.9 Å². The fraction of sp³-hybridized carbons (Fsp3) is 0.273. The van der Waals surface area contributed by atoms with Crippen LogP contribution in [0.5, 0.6) is 5.88 Å². The number of nitrogens with zero attached hydrogens (tertiary/aromatic N) is 2. The number of ether oxygens (including phenoxy) is 1. The lowest BCUT2D eigenvalue weighted by atomic mass is 10.2. The maximum atomic E-state index is 5.02. The number of hydrogen-bond donors (Lipinski definition) is 0. The first-order chi connectivity index (χ1) is 7.20. The Morgan fingerprint density at radius 1 is 1.27 bits per heavy atom. The van der Waals surface area contributed by atoms with Crippen LogP contribution in [-0.4, -0.2) is 17.1 Å². The minimum atomic E-state index is 0.637. The Hall–Kier alpha value is -1.42. The van der Waals surface area contributed by atoms with Crippen LogP contribution < -0.4 is 4.74 Å². The van der Waals surface area contributed by atoms with Crippen LogP contribution in [0.2, 0.25) is 0 Å². The summed E-state index contributed by atoms with van der Waals surface area (Å²) in [5.74, 6) is 0.637. The Bertz CT molecular complexity index is 462. The molecule has 0 saturated carbocycles. The molecule has 2 aromatic heterocycles. The summed E-state index contributed by atoms with van der Waals surface area (Å²) in [6, 6.07) is 3.87. The van der Waals surface area contributed by atoms with Crippen LogP contribution >= 0.6 is 11.3 Å². The number of aryl methyl sites for hydroxylation is 2. The zero-order valence-corrected chi connectivity index (χ0v) is 9.76. The van der Waals surface area contributed by atoms with E-state index in [0.717, 1.165) is 16.3 Å². The van der Waals surface area contributed by atoms with E-state index < -0.39 is 0 Å². The van der Waals surface area contributed by atoms with Gasteiger partial charge in [0.2, 0.25) is 5.88 Å². The molecule has 0 radical (unpaired) electrons. The predicted molar refractivity (Wildman–Crippen MR) is 61.4 cm³/mol. The average molecular weight is 220 g/mol. The lowest BCUT2D eigenvalue weighted by Crippen LogP contribution is -1.86. The molecule has 0 saturated heterocycles. The lowest BCUT2D eigenvalue weighted by molar-refractivity contribution is 0.398. The standard InChI is InChI=1S/C11H12N2OS/c1-7-11(15-8(2)13-7)9-4-5-10(14-3)12-6-9/h4-6H,1-3H3. The highest BCUT2D eigenvalue weighted by molar-refractivity contribution is 7.15. The summed E-state index contributed by atoms with van der Waals surface area (Å²) >= 11 is 1.69. The quantitative estimate of drug-likeness (QED) is 0.780. The SMILES string of the molecule is COc1ccc(-c2sc(C)nc2C)cn1. The molecule has 0 amide bonds. The highest BCUT2D eigenvalue weighted by atomic mass is 32.1. The fourth-order valence-corrected chi connectivity index (χ4v) is 2.34. The topological polar surface area (TPSA) is 35.0 Å². The van der Waals surface area contributed by atoms with Gasteiger partial charge in [0.25, 0.3) is 0 Å². The number of rotatable bonds is 2. The van der Waals surface area contributed by atoms with Crippen molar-refractivity contribution < 1.29 is 4.74 Å². The third-order valence-corrected chi connectivity index (χ3v) is 3.23. The highest BCUT2D eigenvalue weighted by Crippen LogP contribution is 2.29. The molecule has 2 rings (SSSR count). The van der Waals surface area contributed by atoms with Crippen LogP contribution in [0, 0.1) is 13.8 Å². The molecular formula is C11H12N2OS. The number of aromatic nitrogens is 2. The zero-order chi connectivity index (χ0) is 10.8. The Morgan fingerprint density at radius 2 is 2.07 bits per heavy atom. The Morgan fingerprint density at radius 3 is 2.53 bits per heavy atom. The van der Waals surface area contributed by atoms with Crippen LogP contribution in [0.25, 0.3) is 10.4 Å². The van der Waals surface area contributed by atoms with E-state index in [1.165, 1.54) is 4.88 Å². The molecule has 0 unspecified atom stereocenters. The van der Waals surface area contributed by atoms with Gasteiger partial charge in [-0.3, -0.25) is 0 Å². The van der Waals surface area contributed by atoms with Crippen LogP contribution in [0.4, 0.5) is 0 Å². The van der Waals surface area contributed by atoms with Crippen LogP contribution in [-0.2, 0) is 0 Å². The van der Waals surface area contributed by atoms with E-state index in [-0.39, 0.29) is 0 Å². The minimum absolute atomic E-state index is 0.637. The molecule has 4 heteroatoms. The van der Waals surface area contributed by atoms with Gasteiger partial charge in [-0.2, -0.15) is 0 Å². The van der Waals surface area contributed by atoms with Gasteiger partial charge in [-0.25, -0.2) is 9.97 Å². The van der Waals surface area contributed by atoms with E-state index in [1.807, 2.05) is 32.2 Å². The normalized spacial score (nSPS) is 10.3. The Labute approximate surface area is 92.8 Å². The Kier molecular flexibility index (Phi) is 2.68. The Balaban J connectivity index is 2.41. The molecule has 0 spiro atoms. The second-order valence-electron chi connectivity index (χ2n) is 3.24. The monoisotopic (exact) mass is 220 g/mol. The van der Waals surface area contributed by atoms with Gasteiger partial charge < -0.3 is 4.74 Å². The molecular weight excluding hydrogens is 208 g/mol. The van der Waals surface area contributed by atoms with Gasteiger partial charge in [0.1, 0.15) is 0 Å². The molecule has 0 atom stereocenters. The molecule has 0 N–H and O–H groups in total. The fourth-order valence-electron chi connectivity index (χ4n) is 1.43. The summed E-state index contributed by atoms with van der Waals surface area (Å²) in [6.45, 7) is 4.03. The lowest BCUT2D eigenvalue weighted by Gasteiger charge is -2.00. The summed E-state index contributed by atoms with van der Waals surface area (Å²) in [5, 5.41) is 1.08. The molecule has 2 aromatic rings. The molecule has 3 nitrogen and oxygen atoms in total. The van der Waals surface area contributed by atoms with Crippen molar-refractivity contribution in [2.75, 3.05) is 7.11 Å². The van der Waals surface area contributed by atoms with Crippen LogP contribution in [0.3, 0.4) is 0 Å². The van der Waals surface area contributed by atoms with Crippen molar-refractivity contribution in [2.24, 2.45) is 0 Å². The van der Waals surface area contributed by atoms with Crippen LogP contribution in [0.15, 0.2) is 18.3 Å². The van der Waals surface area contributed by atoms with Gasteiger partial charge in [-0.15, -0.1) is 11.3 Å². The number of hydrogen-bond acceptors (Lipinski definition) is 4. The maximum Gasteiger partial charge on any atom is 0.212 e. The predicted octanol–water partition coefficient (Wildman–Crippen LogP) is 2.83. The van der Waals surface area contributed by atoms with Crippen molar-refractivity contribution in [3.05, 3.63) is 29.0 Å². The van der Waals surface area contributed by atoms with Crippen molar-refractivity contribution in [1.29, 1.82) is 0 Å². The van der Waals surface area contributed by atoms with Crippen LogP contribution in [0.1, 0.15) is 10.7 Å². The first-order valence-corrected chi connectivity index (χ1v) is 5.47. The molecule has 15 heavy (non-hydrogen) atoms. The zero-order valence-electron chi connectivity index (χ0n) is 8.94. The highest BCUT2D eigenvalue weighted by Gasteiger charge is 2.07. The first-order valence-electron chi connectivity index (χ1n) is 4.65. The number of pyridine rings is 1. The van der Waals surface area contributed by atoms with Crippen molar-refractivity contribution in [1.82, 2.24) is 9.97 Å². The summed E-state index contributed by atoms with van der Waals surface area (Å²) in [7, 11) is 1.62. The van der Waals surface area contributed by atoms with Crippen molar-refractivity contribution in [2.45, 2.75) is 13.8 Å². The molecule has 0 aliphatic heterocycles. The van der Waals surface area contributed by atoms with E-state index in [1.54, 1.807) is 18.4 Å². The summed E-state index contributed by atoms with van der Waals surface area (Å²) in [4.78, 5) is 9.75. The molecule has 2 heterocycles. The molecule has 0 aromatic carbocycles. The van der Waals surface area contributed by atoms with Crippen molar-refractivity contribution >= 4 is 11.3 Å². The van der Waals surface area contributed by atoms with E-state index in [2.05, 4.69) is 9.97 Å². The molecule has 0 aliphatic rings. The van der Waals surface area contributed by atoms with E-state index in [4.69, 9.17) is 4.74 Å². The van der Waals surface area contributed by atoms with E-state index >= 15 is 0 Å². The second kappa shape index (κ2) is 3.98. The average Bonchev–Trinajstić information content (AvgIpc) is 2.58. The van der Waals surface area contributed by atoms with Gasteiger partial charge in [0.15, 0.2) is 0 Å². The number of thiazole rings is 1. The smallest absolute Gasteiger partial charge is 0.212 e. The van der Waals surface area contributed by atoms with Gasteiger partial charge in [0.05, 0.1) is 22.7 Å². The third-order valence-electron chi connectivity index (χ3n) is 2.11. The molecule has 0 fully saturated rings. The van der Waals surface area contributed by atoms with Gasteiger partial charge in [0, 0.05) is 17.8 Å². The molecule has 0 aliphatic carbocycles. The summed E-state index contributed by atoms with van der Waals surface area (Å²) < 4.78 is 5.02. The van der Waals surface area contributed by atoms with Crippen molar-refractivity contribution in [3.63, 3.8) is 0 Å². The van der Waals surface area contributed by atoms with Gasteiger partial charge >= 0.3 is 0 Å². The maximum absolute atomic E-state index is 5.02. The van der Waals surface area contributed by atoms with E-state index in [0.29, 0.717) is 5.88 Å². The second-order valence-corrected chi connectivity index (χ2v) is 4.44. The minimum Gasteiger partial charge on any atom is -0.481 e. The summed E-state index contributed by atoms with van der Waals surface area (Å²) in [5.41, 5.74) is 2.16. The third kappa shape index (κ3) is 1.99. The first kappa shape index (κ1) is 10.1. The summed E-state index contributed by atoms with van der Waals surface area (Å²) in [6.07, 6.45) is 1.82. The largest absolute Gasteiger partial charge is 0.481 e. The van der Waals surface area contributed by atoms with Crippen molar-refractivity contribution in [3.8, 4) is 16.3 Å². The molecule has 78 valence electrons. The van der Waals surface area contributed by atoms with Gasteiger partial charge in [-0.1, -0.05) is 0 Å². The van der Waals surface area contributed by atoms with E-state index in [9.17, 15) is 0 Å². The number of methoxy groups -OCH3 is 1. The molecule has 0 bridgehead atoms.